The van der Waals surface area contributed by atoms with Gasteiger partial charge < -0.3 is 74.8 Å². The number of nitrogens with one attached hydrogen (secondary N) is 8. The zero-order valence-corrected chi connectivity index (χ0v) is 49.2. The number of carboxylic acids is 2. The van der Waals surface area contributed by atoms with Crippen molar-refractivity contribution in [2.75, 3.05) is 18.8 Å². The Kier molecular flexibility index (Phi) is 29.7. The number of nitrogens with zero attached hydrogens (tertiary/aromatic N) is 2. The van der Waals surface area contributed by atoms with Crippen LogP contribution in [0.3, 0.4) is 0 Å². The van der Waals surface area contributed by atoms with Gasteiger partial charge in [-0.3, -0.25) is 52.9 Å². The van der Waals surface area contributed by atoms with Gasteiger partial charge in [0.2, 0.25) is 53.2 Å². The van der Waals surface area contributed by atoms with Crippen molar-refractivity contribution in [1.82, 2.24) is 47.4 Å². The molecule has 1 aliphatic rings. The molecular weight excluding hydrogens is 1070 g/mol. The van der Waals surface area contributed by atoms with Crippen LogP contribution in [0.4, 0.5) is 0 Å². The normalized spacial score (nSPS) is 16.9. The highest BCUT2D eigenvalue weighted by Crippen LogP contribution is 2.22. The van der Waals surface area contributed by atoms with Crippen LogP contribution in [0.5, 0.6) is 0 Å². The van der Waals surface area contributed by atoms with Gasteiger partial charge in [0.1, 0.15) is 54.4 Å². The molecule has 1 aromatic rings. The number of carbonyl (C=O) groups is 11. The van der Waals surface area contributed by atoms with Gasteiger partial charge in [-0.05, 0) is 67.3 Å². The Morgan fingerprint density at radius 3 is 1.69 bits per heavy atom. The molecule has 16 N–H and O–H groups in total. The lowest BCUT2D eigenvalue weighted by Crippen LogP contribution is -2.62. The minimum Gasteiger partial charge on any atom is -0.481 e. The third-order valence-electron chi connectivity index (χ3n) is 13.8. The first-order valence-corrected chi connectivity index (χ1v) is 28.2. The summed E-state index contributed by atoms with van der Waals surface area (Å²) in [6.07, 6.45) is 0.146. The van der Waals surface area contributed by atoms with Gasteiger partial charge in [-0.1, -0.05) is 106 Å². The fraction of sp³-hybridized carbons (Fsp3) is 0.667. The van der Waals surface area contributed by atoms with Gasteiger partial charge in [-0.25, -0.2) is 4.79 Å². The molecule has 454 valence electrons. The molecule has 0 unspecified atom stereocenters. The summed E-state index contributed by atoms with van der Waals surface area (Å²) in [5.74, 6) is -12.5. The van der Waals surface area contributed by atoms with Crippen LogP contribution in [0.1, 0.15) is 120 Å². The van der Waals surface area contributed by atoms with E-state index in [0.29, 0.717) is 18.4 Å². The summed E-state index contributed by atoms with van der Waals surface area (Å²) in [6.45, 7) is 17.2. The molecule has 1 fully saturated rings. The first-order valence-electron chi connectivity index (χ1n) is 27.6. The van der Waals surface area contributed by atoms with Gasteiger partial charge in [0.25, 0.3) is 0 Å². The van der Waals surface area contributed by atoms with E-state index in [-0.39, 0.29) is 68.7 Å². The summed E-state index contributed by atoms with van der Waals surface area (Å²) in [5.41, 5.74) is 17.6. The molecular formula is C54H89N13O13S. The van der Waals surface area contributed by atoms with Gasteiger partial charge >= 0.3 is 11.9 Å². The molecule has 11 atom stereocenters. The van der Waals surface area contributed by atoms with Crippen molar-refractivity contribution < 1.29 is 63.0 Å². The van der Waals surface area contributed by atoms with Gasteiger partial charge in [0, 0.05) is 25.3 Å². The first kappa shape index (κ1) is 70.1. The number of carbonyl (C=O) groups excluding carboxylic acids is 9. The number of thiol groups is 1. The van der Waals surface area contributed by atoms with E-state index in [4.69, 9.17) is 17.2 Å². The largest absolute Gasteiger partial charge is 0.481 e. The zero-order valence-electron chi connectivity index (χ0n) is 48.3. The fourth-order valence-corrected chi connectivity index (χ4v) is 9.01. The average molecular weight is 1160 g/mol. The van der Waals surface area contributed by atoms with Crippen molar-refractivity contribution in [3.05, 3.63) is 35.9 Å². The molecule has 0 radical (unpaired) electrons. The van der Waals surface area contributed by atoms with Crippen LogP contribution in [0, 0.1) is 29.6 Å². The number of hydrogen-bond acceptors (Lipinski definition) is 14. The van der Waals surface area contributed by atoms with Crippen LogP contribution in [0.15, 0.2) is 35.3 Å². The number of rotatable bonds is 34. The monoisotopic (exact) mass is 1160 g/mol. The van der Waals surface area contributed by atoms with Gasteiger partial charge in [0.05, 0.1) is 12.5 Å². The lowest BCUT2D eigenvalue weighted by molar-refractivity contribution is -0.144. The van der Waals surface area contributed by atoms with Crippen molar-refractivity contribution in [3.63, 3.8) is 0 Å². The van der Waals surface area contributed by atoms with Gasteiger partial charge in [-0.15, -0.1) is 0 Å². The van der Waals surface area contributed by atoms with Crippen LogP contribution < -0.4 is 59.7 Å². The van der Waals surface area contributed by atoms with E-state index in [1.807, 2.05) is 13.8 Å². The predicted molar refractivity (Wildman–Crippen MR) is 305 cm³/mol. The second kappa shape index (κ2) is 34.3. The quantitative estimate of drug-likeness (QED) is 0.0171. The number of nitrogens with two attached hydrogens (primary N) is 3. The molecule has 9 amide bonds. The number of hydrogen-bond donors (Lipinski definition) is 14. The molecule has 0 bridgehead atoms. The van der Waals surface area contributed by atoms with Crippen molar-refractivity contribution in [2.45, 2.75) is 181 Å². The number of likely N-dealkylation sites (tertiary alicyclic amines) is 1. The number of carboxylic acid groups (broad SMARTS) is 2. The van der Waals surface area contributed by atoms with Crippen LogP contribution in [-0.2, 0) is 59.2 Å². The fourth-order valence-electron chi connectivity index (χ4n) is 8.75. The molecule has 1 heterocycles. The maximum absolute atomic E-state index is 14.6. The smallest absolute Gasteiger partial charge is 0.326 e. The molecule has 26 nitrogen and oxygen atoms in total. The maximum atomic E-state index is 14.6. The molecule has 1 aliphatic heterocycles. The molecule has 0 spiro atoms. The highest BCUT2D eigenvalue weighted by Gasteiger charge is 2.41. The van der Waals surface area contributed by atoms with Crippen LogP contribution in [0.25, 0.3) is 0 Å². The highest BCUT2D eigenvalue weighted by atomic mass is 32.1. The number of aliphatic imine (C=N–C) groups is 1. The minimum atomic E-state index is -1.75. The van der Waals surface area contributed by atoms with Crippen molar-refractivity contribution in [3.8, 4) is 0 Å². The number of benzene rings is 1. The maximum Gasteiger partial charge on any atom is 0.326 e. The number of guanidine groups is 1. The lowest BCUT2D eigenvalue weighted by Gasteiger charge is -2.31. The van der Waals surface area contributed by atoms with Crippen molar-refractivity contribution in [1.29, 1.82) is 0 Å². The molecule has 1 aromatic carbocycles. The zero-order chi connectivity index (χ0) is 61.4. The molecule has 0 saturated carbocycles. The van der Waals surface area contributed by atoms with Crippen molar-refractivity contribution >= 4 is 83.7 Å². The second-order valence-corrected chi connectivity index (χ2v) is 22.3. The van der Waals surface area contributed by atoms with E-state index < -0.39 is 150 Å². The predicted octanol–water partition coefficient (Wildman–Crippen LogP) is -0.971. The number of amides is 9. The standard InChI is InChI=1S/C54H89N13O13S/c1-11-31(10)43(51(77)59-33(19-15-21-58-54(56)57)44(70)63-37(26-81)47(73)65-42(30(8)9)53(79)80)66-45(71)34(24-32-17-13-12-14-18-32)61-50(76)41(29(6)7)64-46(72)35(25-39(68)69)60-48(74)38-20-16-22-67(38)52(78)36(23-27(2)3)62-49(75)40(55)28(4)5/h12-14,17-18,27-31,33-38,40-43,81H,11,15-16,19-26,55H2,1-10H3,(H,59,77)(H,60,74)(H,61,76)(H,62,75)(H,63,70)(H,64,72)(H,65,73)(H,66,71)(H,68,69)(H,79,80)(H4,56,57,58)/t31-,33-,34-,35-,36-,37-,38-,40-,41-,42-,43-/m0/s1. The van der Waals surface area contributed by atoms with Crippen LogP contribution >= 0.6 is 12.6 Å². The third kappa shape index (κ3) is 23.2. The van der Waals surface area contributed by atoms with E-state index >= 15 is 0 Å². The molecule has 2 rings (SSSR count). The highest BCUT2D eigenvalue weighted by molar-refractivity contribution is 7.80. The Balaban J connectivity index is 2.46. The summed E-state index contributed by atoms with van der Waals surface area (Å²) in [6, 6.07) is -4.44. The van der Waals surface area contributed by atoms with Crippen LogP contribution in [-0.4, -0.2) is 165 Å². The summed E-state index contributed by atoms with van der Waals surface area (Å²) in [5, 5.41) is 40.3. The van der Waals surface area contributed by atoms with Gasteiger partial charge in [-0.2, -0.15) is 12.6 Å². The van der Waals surface area contributed by atoms with E-state index in [1.165, 1.54) is 4.90 Å². The summed E-state index contributed by atoms with van der Waals surface area (Å²) in [7, 11) is 0. The molecule has 81 heavy (non-hydrogen) atoms. The summed E-state index contributed by atoms with van der Waals surface area (Å²) >= 11 is 4.20. The van der Waals surface area contributed by atoms with E-state index in [2.05, 4.69) is 60.2 Å². The third-order valence-corrected chi connectivity index (χ3v) is 14.1. The minimum absolute atomic E-state index is 0.0466. The number of aliphatic carboxylic acids is 2. The second-order valence-electron chi connectivity index (χ2n) is 22.0. The van der Waals surface area contributed by atoms with E-state index in [0.717, 1.165) is 0 Å². The SMILES string of the molecule is CC[C@H](C)[C@H](NC(=O)[C@H](Cc1ccccc1)NC(=O)[C@@H](NC(=O)[C@H](CC(=O)O)NC(=O)[C@@H]1CCCN1C(=O)[C@H](CC(C)C)NC(=O)[C@@H](N)C(C)C)C(C)C)C(=O)N[C@@H](CCCN=C(N)N)C(=O)N[C@@H](CS)C(=O)N[C@H](C(=O)O)C(C)C. The molecule has 1 saturated heterocycles. The summed E-state index contributed by atoms with van der Waals surface area (Å²) in [4.78, 5) is 155. The Bertz CT molecular complexity index is 2350. The summed E-state index contributed by atoms with van der Waals surface area (Å²) < 4.78 is 0. The average Bonchev–Trinajstić information content (AvgIpc) is 3.94. The molecule has 27 heteroatoms. The van der Waals surface area contributed by atoms with E-state index in [1.54, 1.807) is 85.7 Å². The Hall–Kier alpha value is -7.03. The molecule has 0 aromatic heterocycles. The Morgan fingerprint density at radius 1 is 0.642 bits per heavy atom. The lowest BCUT2D eigenvalue weighted by atomic mass is 9.96. The van der Waals surface area contributed by atoms with Crippen LogP contribution in [0.2, 0.25) is 0 Å². The first-order chi connectivity index (χ1) is 37.9. The van der Waals surface area contributed by atoms with Crippen molar-refractivity contribution in [2.24, 2.45) is 51.8 Å². The molecule has 0 aliphatic carbocycles. The Morgan fingerprint density at radius 2 is 1.16 bits per heavy atom. The Labute approximate surface area is 480 Å². The topological polar surface area (TPSA) is 418 Å². The van der Waals surface area contributed by atoms with Gasteiger partial charge in [0.15, 0.2) is 5.96 Å². The van der Waals surface area contributed by atoms with E-state index in [9.17, 15) is 63.0 Å².